The summed E-state index contributed by atoms with van der Waals surface area (Å²) in [5.41, 5.74) is 3.26. The van der Waals surface area contributed by atoms with Crippen molar-refractivity contribution in [1.82, 2.24) is 19.3 Å². The minimum absolute atomic E-state index is 0.306. The van der Waals surface area contributed by atoms with Crippen LogP contribution in [0.4, 0.5) is 0 Å². The molecule has 2 heterocycles. The van der Waals surface area contributed by atoms with E-state index in [2.05, 4.69) is 35.4 Å². The lowest BCUT2D eigenvalue weighted by atomic mass is 10.3. The molecule has 5 nitrogen and oxygen atoms in total. The number of aromatic nitrogens is 4. The lowest BCUT2D eigenvalue weighted by Crippen LogP contribution is -2.07. The number of aromatic amines is 1. The van der Waals surface area contributed by atoms with Gasteiger partial charge in [0.2, 0.25) is 0 Å². The maximum atomic E-state index is 5.56. The minimum atomic E-state index is 0.306. The molecule has 0 spiro atoms. The topological polar surface area (TPSA) is 47.8 Å². The first-order valence-electron chi connectivity index (χ1n) is 7.30. The van der Waals surface area contributed by atoms with E-state index in [-0.39, 0.29) is 0 Å². The molecule has 2 aromatic rings. The fourth-order valence-electron chi connectivity index (χ4n) is 2.42. The molecule has 0 radical (unpaired) electrons. The van der Waals surface area contributed by atoms with Crippen LogP contribution in [0.25, 0.3) is 11.2 Å². The molecule has 0 aliphatic heterocycles. The zero-order chi connectivity index (χ0) is 14.7. The molecule has 0 bridgehead atoms. The third-order valence-electron chi connectivity index (χ3n) is 3.38. The summed E-state index contributed by atoms with van der Waals surface area (Å²) in [7, 11) is 1.97. The zero-order valence-corrected chi connectivity index (χ0v) is 13.6. The van der Waals surface area contributed by atoms with E-state index in [1.54, 1.807) is 0 Å². The number of aryl methyl sites for hydroxylation is 3. The van der Waals surface area contributed by atoms with Crippen LogP contribution in [0, 0.1) is 4.77 Å². The van der Waals surface area contributed by atoms with E-state index in [1.807, 2.05) is 11.7 Å². The molecule has 2 rings (SSSR count). The number of nitrogens with one attached hydrogen (secondary N) is 1. The molecule has 0 amide bonds. The van der Waals surface area contributed by atoms with Gasteiger partial charge in [-0.3, -0.25) is 4.68 Å². The van der Waals surface area contributed by atoms with Crippen molar-refractivity contribution in [3.05, 3.63) is 10.5 Å². The van der Waals surface area contributed by atoms with Gasteiger partial charge in [0.05, 0.1) is 11.8 Å². The molecule has 20 heavy (non-hydrogen) atoms. The number of fused-ring (bicyclic) bond motifs is 1. The monoisotopic (exact) mass is 296 g/mol. The number of hydrogen-bond donors (Lipinski definition) is 1. The van der Waals surface area contributed by atoms with Crippen LogP contribution in [0.5, 0.6) is 0 Å². The molecule has 6 heteroatoms. The molecular formula is C14H24N4OS. The molecule has 0 unspecified atom stereocenters. The standard InChI is InChI=1S/C14H24N4OS/c1-5-11-12-13(17(4)16-11)18(14(20)15-12)8-6-7-9-19-10(2)3/h10H,5-9H2,1-4H3,(H,15,20). The Bertz CT molecular complexity index is 623. The summed E-state index contributed by atoms with van der Waals surface area (Å²) >= 11 is 5.43. The number of nitrogens with zero attached hydrogens (tertiary/aromatic N) is 3. The summed E-state index contributed by atoms with van der Waals surface area (Å²) in [6, 6.07) is 0. The quantitative estimate of drug-likeness (QED) is 0.630. The van der Waals surface area contributed by atoms with Crippen LogP contribution in [0.1, 0.15) is 39.3 Å². The summed E-state index contributed by atoms with van der Waals surface area (Å²) in [6.07, 6.45) is 3.32. The van der Waals surface area contributed by atoms with Crippen molar-refractivity contribution in [2.75, 3.05) is 6.61 Å². The predicted octanol–water partition coefficient (Wildman–Crippen LogP) is 3.20. The van der Waals surface area contributed by atoms with Crippen LogP contribution < -0.4 is 0 Å². The summed E-state index contributed by atoms with van der Waals surface area (Å²) < 4.78 is 10.4. The Morgan fingerprint density at radius 3 is 2.75 bits per heavy atom. The van der Waals surface area contributed by atoms with Gasteiger partial charge in [0.15, 0.2) is 10.4 Å². The second-order valence-electron chi connectivity index (χ2n) is 5.33. The van der Waals surface area contributed by atoms with Crippen molar-refractivity contribution < 1.29 is 4.74 Å². The number of unbranched alkanes of at least 4 members (excludes halogenated alkanes) is 1. The molecule has 0 atom stereocenters. The Morgan fingerprint density at radius 1 is 1.35 bits per heavy atom. The third kappa shape index (κ3) is 3.12. The van der Waals surface area contributed by atoms with Crippen molar-refractivity contribution in [2.45, 2.75) is 52.7 Å². The van der Waals surface area contributed by atoms with E-state index in [1.165, 1.54) is 0 Å². The molecule has 0 saturated heterocycles. The highest BCUT2D eigenvalue weighted by molar-refractivity contribution is 7.71. The number of ether oxygens (including phenoxy) is 1. The number of hydrogen-bond acceptors (Lipinski definition) is 3. The summed E-state index contributed by atoms with van der Waals surface area (Å²) in [6.45, 7) is 7.95. The Kier molecular flexibility index (Phi) is 4.99. The van der Waals surface area contributed by atoms with Crippen molar-refractivity contribution >= 4 is 23.4 Å². The highest BCUT2D eigenvalue weighted by Crippen LogP contribution is 2.18. The molecular weight excluding hydrogens is 272 g/mol. The molecule has 1 N–H and O–H groups in total. The molecule has 0 aromatic carbocycles. The maximum absolute atomic E-state index is 5.56. The highest BCUT2D eigenvalue weighted by atomic mass is 32.1. The van der Waals surface area contributed by atoms with Gasteiger partial charge in [-0.15, -0.1) is 0 Å². The molecule has 0 aliphatic carbocycles. The van der Waals surface area contributed by atoms with Gasteiger partial charge in [0, 0.05) is 20.2 Å². The number of H-pyrrole nitrogens is 1. The zero-order valence-electron chi connectivity index (χ0n) is 12.8. The third-order valence-corrected chi connectivity index (χ3v) is 3.71. The van der Waals surface area contributed by atoms with E-state index < -0.39 is 0 Å². The first-order chi connectivity index (χ1) is 9.54. The number of rotatable bonds is 7. The maximum Gasteiger partial charge on any atom is 0.179 e. The van der Waals surface area contributed by atoms with Gasteiger partial charge in [-0.05, 0) is 45.3 Å². The average Bonchev–Trinajstić information content (AvgIpc) is 2.87. The van der Waals surface area contributed by atoms with E-state index in [0.717, 1.165) is 54.0 Å². The summed E-state index contributed by atoms with van der Waals surface area (Å²) in [5, 5.41) is 4.53. The van der Waals surface area contributed by atoms with Gasteiger partial charge in [0.1, 0.15) is 5.52 Å². The van der Waals surface area contributed by atoms with Crippen molar-refractivity contribution in [2.24, 2.45) is 7.05 Å². The van der Waals surface area contributed by atoms with Crippen LogP contribution in [0.15, 0.2) is 0 Å². The first kappa shape index (κ1) is 15.3. The summed E-state index contributed by atoms with van der Waals surface area (Å²) in [4.78, 5) is 3.29. The van der Waals surface area contributed by atoms with Crippen molar-refractivity contribution in [3.8, 4) is 0 Å². The largest absolute Gasteiger partial charge is 0.379 e. The van der Waals surface area contributed by atoms with Crippen LogP contribution >= 0.6 is 12.2 Å². The normalized spacial score (nSPS) is 11.8. The Hall–Kier alpha value is -1.14. The highest BCUT2D eigenvalue weighted by Gasteiger charge is 2.13. The van der Waals surface area contributed by atoms with Crippen molar-refractivity contribution in [1.29, 1.82) is 0 Å². The second-order valence-corrected chi connectivity index (χ2v) is 5.72. The first-order valence-corrected chi connectivity index (χ1v) is 7.71. The Balaban J connectivity index is 2.08. The second kappa shape index (κ2) is 6.54. The van der Waals surface area contributed by atoms with E-state index in [9.17, 15) is 0 Å². The van der Waals surface area contributed by atoms with Crippen LogP contribution in [0.3, 0.4) is 0 Å². The van der Waals surface area contributed by atoms with Gasteiger partial charge >= 0.3 is 0 Å². The van der Waals surface area contributed by atoms with Crippen LogP contribution in [0.2, 0.25) is 0 Å². The number of imidazole rings is 1. The Morgan fingerprint density at radius 2 is 2.10 bits per heavy atom. The molecule has 0 fully saturated rings. The lowest BCUT2D eigenvalue weighted by Gasteiger charge is -2.08. The Labute approximate surface area is 124 Å². The van der Waals surface area contributed by atoms with Gasteiger partial charge in [-0.2, -0.15) is 5.10 Å². The van der Waals surface area contributed by atoms with Crippen LogP contribution in [-0.2, 0) is 24.8 Å². The van der Waals surface area contributed by atoms with Gasteiger partial charge in [-0.25, -0.2) is 0 Å². The van der Waals surface area contributed by atoms with Crippen molar-refractivity contribution in [3.63, 3.8) is 0 Å². The SMILES string of the molecule is CCc1nn(C)c2c1[nH]c(=S)n2CCCCOC(C)C. The molecule has 112 valence electrons. The van der Waals surface area contributed by atoms with E-state index in [4.69, 9.17) is 17.0 Å². The smallest absolute Gasteiger partial charge is 0.179 e. The fraction of sp³-hybridized carbons (Fsp3) is 0.714. The minimum Gasteiger partial charge on any atom is -0.379 e. The molecule has 2 aromatic heterocycles. The summed E-state index contributed by atoms with van der Waals surface area (Å²) in [5.74, 6) is 0. The van der Waals surface area contributed by atoms with E-state index in [0.29, 0.717) is 6.10 Å². The van der Waals surface area contributed by atoms with Crippen LogP contribution in [-0.4, -0.2) is 32.0 Å². The van der Waals surface area contributed by atoms with Gasteiger partial charge < -0.3 is 14.3 Å². The van der Waals surface area contributed by atoms with Gasteiger partial charge in [-0.1, -0.05) is 6.92 Å². The van der Waals surface area contributed by atoms with E-state index >= 15 is 0 Å². The lowest BCUT2D eigenvalue weighted by molar-refractivity contribution is 0.0754. The molecule has 0 saturated carbocycles. The van der Waals surface area contributed by atoms with Gasteiger partial charge in [0.25, 0.3) is 0 Å². The predicted molar refractivity (Wildman–Crippen MR) is 83.6 cm³/mol. The fourth-order valence-corrected chi connectivity index (χ4v) is 2.70. The average molecular weight is 296 g/mol. The molecule has 0 aliphatic rings.